The summed E-state index contributed by atoms with van der Waals surface area (Å²) in [6.07, 6.45) is 4.87. The quantitative estimate of drug-likeness (QED) is 0.143. The number of methoxy groups -OCH3 is 2. The topological polar surface area (TPSA) is 209 Å². The number of aromatic nitrogens is 4. The highest BCUT2D eigenvalue weighted by Gasteiger charge is 2.39. The second-order valence-corrected chi connectivity index (χ2v) is 15.6. The summed E-state index contributed by atoms with van der Waals surface area (Å²) in [7, 11) is 2.51. The minimum absolute atomic E-state index is 0.166. The van der Waals surface area contributed by atoms with Crippen molar-refractivity contribution >= 4 is 35.6 Å². The molecule has 16 nitrogen and oxygen atoms in total. The first-order chi connectivity index (χ1) is 27.8. The van der Waals surface area contributed by atoms with E-state index in [2.05, 4.69) is 30.6 Å². The zero-order valence-corrected chi connectivity index (χ0v) is 33.4. The van der Waals surface area contributed by atoms with Crippen LogP contribution in [0, 0.1) is 11.8 Å². The zero-order valence-electron chi connectivity index (χ0n) is 33.4. The molecule has 4 heterocycles. The molecule has 2 aromatic heterocycles. The number of aromatic amines is 2. The Hall–Kier alpha value is -6.32. The number of ether oxygens (including phenoxy) is 2. The van der Waals surface area contributed by atoms with Crippen LogP contribution in [-0.4, -0.2) is 105 Å². The number of fused-ring (bicyclic) bond motifs is 2. The minimum Gasteiger partial charge on any atom is -0.453 e. The van der Waals surface area contributed by atoms with Crippen LogP contribution >= 0.6 is 0 Å². The van der Waals surface area contributed by atoms with Crippen molar-refractivity contribution in [1.82, 2.24) is 40.4 Å². The van der Waals surface area contributed by atoms with E-state index >= 15 is 0 Å². The average molecular weight is 793 g/mol. The van der Waals surface area contributed by atoms with Gasteiger partial charge in [-0.2, -0.15) is 0 Å². The standard InChI is InChI=1S/C42H48N8O8/c1-21(2)33(47-41(55)57-5)39(53)49-15-7-9-31(49)37-43-19-29(45-37)23-11-13-25-27(17-23)35(51)26-14-12-24(18-28(26)36(25)52)30-20-44-38(46-30)32-10-8-16-50(32)40(54)34(22(3)4)48-42(56)58-6/h11-14,17-22,31-34H,7-10,15-16H2,1-6H3,(H,43,45)(H,44,46)(H,47,55)(H,48,56)/t31-,32-,33-,34-/m0/s1. The monoisotopic (exact) mass is 792 g/mol. The lowest BCUT2D eigenvalue weighted by Crippen LogP contribution is -2.51. The van der Waals surface area contributed by atoms with Gasteiger partial charge in [-0.05, 0) is 61.8 Å². The fraction of sp³-hybridized carbons (Fsp3) is 0.429. The number of carbonyl (C=O) groups is 6. The Bertz CT molecular complexity index is 2120. The first-order valence-electron chi connectivity index (χ1n) is 19.6. The Balaban J connectivity index is 1.08. The van der Waals surface area contributed by atoms with Crippen LogP contribution in [0.1, 0.15) is 109 Å². The maximum Gasteiger partial charge on any atom is 0.407 e. The second-order valence-electron chi connectivity index (χ2n) is 15.6. The van der Waals surface area contributed by atoms with Crippen LogP contribution in [0.15, 0.2) is 48.8 Å². The van der Waals surface area contributed by atoms with Crippen molar-refractivity contribution < 1.29 is 38.2 Å². The molecule has 0 saturated carbocycles. The van der Waals surface area contributed by atoms with Crippen LogP contribution < -0.4 is 10.6 Å². The number of rotatable bonds is 10. The number of ketones is 2. The van der Waals surface area contributed by atoms with E-state index in [1.807, 2.05) is 27.7 Å². The van der Waals surface area contributed by atoms with E-state index < -0.39 is 24.3 Å². The Morgan fingerprint density at radius 3 is 1.41 bits per heavy atom. The lowest BCUT2D eigenvalue weighted by atomic mass is 9.82. The molecule has 2 aromatic carbocycles. The second kappa shape index (κ2) is 16.3. The predicted molar refractivity (Wildman–Crippen MR) is 211 cm³/mol. The molecule has 7 rings (SSSR count). The number of benzene rings is 2. The number of nitrogens with one attached hydrogen (secondary N) is 4. The van der Waals surface area contributed by atoms with Gasteiger partial charge in [-0.25, -0.2) is 19.6 Å². The number of H-pyrrole nitrogens is 2. The largest absolute Gasteiger partial charge is 0.453 e. The third kappa shape index (κ3) is 7.45. The van der Waals surface area contributed by atoms with Gasteiger partial charge in [0.2, 0.25) is 11.8 Å². The van der Waals surface area contributed by atoms with Crippen molar-refractivity contribution in [2.75, 3.05) is 27.3 Å². The number of carbonyl (C=O) groups excluding carboxylic acids is 6. The molecule has 2 fully saturated rings. The molecule has 0 unspecified atom stereocenters. The number of nitrogens with zero attached hydrogens (tertiary/aromatic N) is 4. The van der Waals surface area contributed by atoms with Gasteiger partial charge in [0.05, 0.1) is 50.1 Å². The summed E-state index contributed by atoms with van der Waals surface area (Å²) in [5.74, 6) is -0.157. The summed E-state index contributed by atoms with van der Waals surface area (Å²) in [5.41, 5.74) is 3.71. The maximum absolute atomic E-state index is 13.9. The van der Waals surface area contributed by atoms with Gasteiger partial charge in [-0.15, -0.1) is 0 Å². The summed E-state index contributed by atoms with van der Waals surface area (Å²) >= 11 is 0. The fourth-order valence-electron chi connectivity index (χ4n) is 8.18. The highest BCUT2D eigenvalue weighted by atomic mass is 16.5. The lowest BCUT2D eigenvalue weighted by molar-refractivity contribution is -0.136. The van der Waals surface area contributed by atoms with Gasteiger partial charge in [-0.1, -0.05) is 39.8 Å². The molecule has 304 valence electrons. The van der Waals surface area contributed by atoms with Crippen LogP contribution in [0.25, 0.3) is 22.5 Å². The number of likely N-dealkylation sites (tertiary alicyclic amines) is 2. The minimum atomic E-state index is -0.760. The van der Waals surface area contributed by atoms with Crippen molar-refractivity contribution in [3.8, 4) is 22.5 Å². The number of amides is 4. The Morgan fingerprint density at radius 1 is 0.655 bits per heavy atom. The molecule has 4 aromatic rings. The van der Waals surface area contributed by atoms with E-state index in [0.717, 1.165) is 12.8 Å². The van der Waals surface area contributed by atoms with Crippen LogP contribution in [0.5, 0.6) is 0 Å². The first kappa shape index (κ1) is 39.9. The van der Waals surface area contributed by atoms with Gasteiger partial charge < -0.3 is 39.9 Å². The molecule has 2 saturated heterocycles. The molecule has 4 atom stereocenters. The van der Waals surface area contributed by atoms with Gasteiger partial charge in [-0.3, -0.25) is 19.2 Å². The lowest BCUT2D eigenvalue weighted by Gasteiger charge is -2.30. The van der Waals surface area contributed by atoms with Crippen LogP contribution in [-0.2, 0) is 19.1 Å². The van der Waals surface area contributed by atoms with Crippen molar-refractivity contribution in [1.29, 1.82) is 0 Å². The van der Waals surface area contributed by atoms with Gasteiger partial charge in [0.15, 0.2) is 11.6 Å². The third-order valence-corrected chi connectivity index (χ3v) is 11.3. The fourth-order valence-corrected chi connectivity index (χ4v) is 8.18. The van der Waals surface area contributed by atoms with E-state index in [0.29, 0.717) is 60.1 Å². The number of alkyl carbamates (subject to hydrolysis) is 2. The summed E-state index contributed by atoms with van der Waals surface area (Å²) in [6.45, 7) is 8.46. The van der Waals surface area contributed by atoms with Gasteiger partial charge in [0, 0.05) is 46.5 Å². The molecule has 4 N–H and O–H groups in total. The SMILES string of the molecule is COC(=O)N[C@H](C(=O)N1CCC[C@H]1c1ncc(-c2ccc3c(c2)C(=O)c2ccc(-c4cnc([C@@H]5CCCN5C(=O)[C@@H](NC(=O)OC)C(C)C)[nH]4)cc2C3=O)[nH]1)C(C)C. The predicted octanol–water partition coefficient (Wildman–Crippen LogP) is 5.33. The molecule has 0 spiro atoms. The summed E-state index contributed by atoms with van der Waals surface area (Å²) in [5, 5.41) is 5.31. The molecule has 1 aliphatic carbocycles. The van der Waals surface area contributed by atoms with Gasteiger partial charge >= 0.3 is 12.2 Å². The van der Waals surface area contributed by atoms with Crippen molar-refractivity contribution in [3.05, 3.63) is 82.7 Å². The summed E-state index contributed by atoms with van der Waals surface area (Å²) in [6, 6.07) is 8.03. The van der Waals surface area contributed by atoms with E-state index in [4.69, 9.17) is 9.47 Å². The molecular formula is C42H48N8O8. The Labute approximate surface area is 335 Å². The van der Waals surface area contributed by atoms with Crippen molar-refractivity contribution in [3.63, 3.8) is 0 Å². The maximum atomic E-state index is 13.9. The van der Waals surface area contributed by atoms with Crippen LogP contribution in [0.2, 0.25) is 0 Å². The zero-order chi connectivity index (χ0) is 41.4. The highest BCUT2D eigenvalue weighted by Crippen LogP contribution is 2.37. The summed E-state index contributed by atoms with van der Waals surface area (Å²) in [4.78, 5) is 98.4. The summed E-state index contributed by atoms with van der Waals surface area (Å²) < 4.78 is 9.48. The normalized spacial score (nSPS) is 18.6. The number of hydrogen-bond acceptors (Lipinski definition) is 10. The molecule has 16 heteroatoms. The van der Waals surface area contributed by atoms with E-state index in [1.54, 1.807) is 58.6 Å². The van der Waals surface area contributed by atoms with Crippen LogP contribution in [0.4, 0.5) is 9.59 Å². The molecule has 3 aliphatic rings. The number of hydrogen-bond donors (Lipinski definition) is 4. The van der Waals surface area contributed by atoms with Gasteiger partial charge in [0.25, 0.3) is 0 Å². The van der Waals surface area contributed by atoms with E-state index in [-0.39, 0.29) is 69.6 Å². The average Bonchev–Trinajstić information content (AvgIpc) is 4.06. The highest BCUT2D eigenvalue weighted by molar-refractivity contribution is 6.29. The van der Waals surface area contributed by atoms with E-state index in [9.17, 15) is 28.8 Å². The smallest absolute Gasteiger partial charge is 0.407 e. The third-order valence-electron chi connectivity index (χ3n) is 11.3. The van der Waals surface area contributed by atoms with E-state index in [1.165, 1.54) is 14.2 Å². The van der Waals surface area contributed by atoms with Crippen molar-refractivity contribution in [2.45, 2.75) is 77.5 Å². The molecular weight excluding hydrogens is 745 g/mol. The van der Waals surface area contributed by atoms with Crippen molar-refractivity contribution in [2.24, 2.45) is 11.8 Å². The Kier molecular flexibility index (Phi) is 11.2. The molecule has 0 radical (unpaired) electrons. The molecule has 0 bridgehead atoms. The first-order valence-corrected chi connectivity index (χ1v) is 19.6. The van der Waals surface area contributed by atoms with Crippen LogP contribution in [0.3, 0.4) is 0 Å². The molecule has 4 amide bonds. The Morgan fingerprint density at radius 2 is 1.05 bits per heavy atom. The number of imidazole rings is 2. The molecule has 2 aliphatic heterocycles. The molecule has 58 heavy (non-hydrogen) atoms. The van der Waals surface area contributed by atoms with Gasteiger partial charge in [0.1, 0.15) is 23.7 Å².